The van der Waals surface area contributed by atoms with Crippen molar-refractivity contribution in [1.82, 2.24) is 10.6 Å². The monoisotopic (exact) mass is 464 g/mol. The number of amides is 2. The van der Waals surface area contributed by atoms with E-state index < -0.39 is 18.0 Å². The molecule has 0 radical (unpaired) electrons. The van der Waals surface area contributed by atoms with Crippen LogP contribution in [-0.2, 0) is 14.3 Å². The molecular weight excluding hydrogens is 432 g/mol. The van der Waals surface area contributed by atoms with E-state index in [0.717, 1.165) is 30.4 Å². The van der Waals surface area contributed by atoms with Crippen LogP contribution in [0.25, 0.3) is 11.1 Å². The minimum absolute atomic E-state index is 0.00350. The van der Waals surface area contributed by atoms with E-state index in [2.05, 4.69) is 34.9 Å². The van der Waals surface area contributed by atoms with Gasteiger partial charge in [0.15, 0.2) is 0 Å². The van der Waals surface area contributed by atoms with Crippen molar-refractivity contribution in [3.05, 3.63) is 59.7 Å². The number of carbonyl (C=O) groups excluding carboxylic acids is 2. The Kier molecular flexibility index (Phi) is 7.50. The zero-order chi connectivity index (χ0) is 24.1. The Labute approximate surface area is 199 Å². The highest BCUT2D eigenvalue weighted by molar-refractivity contribution is 5.80. The molecule has 2 amide bonds. The van der Waals surface area contributed by atoms with Gasteiger partial charge in [-0.1, -0.05) is 61.9 Å². The van der Waals surface area contributed by atoms with E-state index in [1.54, 1.807) is 6.92 Å². The van der Waals surface area contributed by atoms with Gasteiger partial charge in [-0.25, -0.2) is 4.79 Å². The topological polar surface area (TPSA) is 105 Å². The molecule has 7 heteroatoms. The second kappa shape index (κ2) is 10.7. The summed E-state index contributed by atoms with van der Waals surface area (Å²) in [5.41, 5.74) is 4.69. The Bertz CT molecular complexity index is 1010. The summed E-state index contributed by atoms with van der Waals surface area (Å²) in [6.45, 7) is 2.18. The number of carbonyl (C=O) groups is 3. The maximum Gasteiger partial charge on any atom is 0.407 e. The Morgan fingerprint density at radius 3 is 2.29 bits per heavy atom. The Balaban J connectivity index is 1.29. The van der Waals surface area contributed by atoms with Crippen molar-refractivity contribution in [2.24, 2.45) is 11.8 Å². The first-order chi connectivity index (χ1) is 16.5. The van der Waals surface area contributed by atoms with Gasteiger partial charge < -0.3 is 20.5 Å². The summed E-state index contributed by atoms with van der Waals surface area (Å²) >= 11 is 0. The molecule has 34 heavy (non-hydrogen) atoms. The summed E-state index contributed by atoms with van der Waals surface area (Å²) in [6.07, 6.45) is 2.87. The zero-order valence-corrected chi connectivity index (χ0v) is 19.5. The lowest BCUT2D eigenvalue weighted by Gasteiger charge is -2.29. The van der Waals surface area contributed by atoms with Crippen LogP contribution in [0.15, 0.2) is 48.5 Å². The quantitative estimate of drug-likeness (QED) is 0.540. The molecule has 0 spiro atoms. The van der Waals surface area contributed by atoms with E-state index in [1.807, 2.05) is 24.3 Å². The van der Waals surface area contributed by atoms with Crippen molar-refractivity contribution in [3.8, 4) is 11.1 Å². The summed E-state index contributed by atoms with van der Waals surface area (Å²) in [6, 6.07) is 16.3. The van der Waals surface area contributed by atoms with Crippen LogP contribution in [0.5, 0.6) is 0 Å². The summed E-state index contributed by atoms with van der Waals surface area (Å²) in [4.78, 5) is 36.3. The average molecular weight is 465 g/mol. The second-order valence-electron chi connectivity index (χ2n) is 9.22. The lowest BCUT2D eigenvalue weighted by atomic mass is 9.85. The number of ether oxygens (including phenoxy) is 1. The molecule has 1 unspecified atom stereocenters. The first-order valence-electron chi connectivity index (χ1n) is 12.1. The van der Waals surface area contributed by atoms with Crippen molar-refractivity contribution in [2.45, 2.75) is 51.0 Å². The van der Waals surface area contributed by atoms with Gasteiger partial charge >= 0.3 is 12.1 Å². The lowest BCUT2D eigenvalue weighted by Crippen LogP contribution is -2.44. The number of alkyl carbamates (subject to hydrolysis) is 1. The minimum Gasteiger partial charge on any atom is -0.481 e. The summed E-state index contributed by atoms with van der Waals surface area (Å²) in [5, 5.41) is 14.9. The number of carboxylic acid groups (broad SMARTS) is 1. The number of aliphatic carboxylic acids is 1. The maximum atomic E-state index is 12.6. The fourth-order valence-electron chi connectivity index (χ4n) is 5.14. The third-order valence-electron chi connectivity index (χ3n) is 7.08. The fraction of sp³-hybridized carbons (Fsp3) is 0.444. The molecule has 0 saturated heterocycles. The SMILES string of the molecule is CCC(CNC(=O)[C@@H]1CCC[C@H](NC(=O)OCC2c3ccccc3-c3ccccc32)C1)C(=O)O. The van der Waals surface area contributed by atoms with Crippen LogP contribution in [0.4, 0.5) is 4.79 Å². The number of rotatable bonds is 8. The van der Waals surface area contributed by atoms with E-state index in [0.29, 0.717) is 12.8 Å². The highest BCUT2D eigenvalue weighted by Crippen LogP contribution is 2.44. The molecule has 0 bridgehead atoms. The molecule has 2 aromatic rings. The molecule has 0 heterocycles. The normalized spacial score (nSPS) is 20.0. The molecule has 0 aliphatic heterocycles. The summed E-state index contributed by atoms with van der Waals surface area (Å²) in [5.74, 6) is -1.86. The molecule has 0 aromatic heterocycles. The van der Waals surface area contributed by atoms with Gasteiger partial charge in [0.05, 0.1) is 5.92 Å². The number of hydrogen-bond donors (Lipinski definition) is 3. The van der Waals surface area contributed by atoms with E-state index in [1.165, 1.54) is 11.1 Å². The molecule has 1 fully saturated rings. The van der Waals surface area contributed by atoms with Crippen molar-refractivity contribution in [2.75, 3.05) is 13.2 Å². The predicted octanol–water partition coefficient (Wildman–Crippen LogP) is 4.31. The van der Waals surface area contributed by atoms with Gasteiger partial charge in [0.25, 0.3) is 0 Å². The Morgan fingerprint density at radius 2 is 1.68 bits per heavy atom. The predicted molar refractivity (Wildman–Crippen MR) is 128 cm³/mol. The summed E-state index contributed by atoms with van der Waals surface area (Å²) in [7, 11) is 0. The van der Waals surface area contributed by atoms with Crippen LogP contribution < -0.4 is 10.6 Å². The van der Waals surface area contributed by atoms with Crippen molar-refractivity contribution >= 4 is 18.0 Å². The Hall–Kier alpha value is -3.35. The number of carboxylic acids is 1. The van der Waals surface area contributed by atoms with Crippen LogP contribution in [0.1, 0.15) is 56.1 Å². The number of hydrogen-bond acceptors (Lipinski definition) is 4. The van der Waals surface area contributed by atoms with Crippen LogP contribution >= 0.6 is 0 Å². The van der Waals surface area contributed by atoms with Crippen molar-refractivity contribution in [3.63, 3.8) is 0 Å². The molecule has 1 saturated carbocycles. The van der Waals surface area contributed by atoms with Crippen LogP contribution in [0.3, 0.4) is 0 Å². The number of nitrogens with one attached hydrogen (secondary N) is 2. The highest BCUT2D eigenvalue weighted by atomic mass is 16.5. The first-order valence-corrected chi connectivity index (χ1v) is 12.1. The lowest BCUT2D eigenvalue weighted by molar-refractivity contribution is -0.141. The van der Waals surface area contributed by atoms with E-state index >= 15 is 0 Å². The fourth-order valence-corrected chi connectivity index (χ4v) is 5.14. The standard InChI is InChI=1S/C27H32N2O5/c1-2-17(26(31)32)15-28-25(30)18-8-7-9-19(14-18)29-27(33)34-16-24-22-12-5-3-10-20(22)21-11-4-6-13-23(21)24/h3-6,10-13,17-19,24H,2,7-9,14-16H2,1H3,(H,28,30)(H,29,33)(H,31,32)/t17?,18-,19+/m1/s1. The van der Waals surface area contributed by atoms with Gasteiger partial charge in [0, 0.05) is 24.4 Å². The van der Waals surface area contributed by atoms with E-state index in [4.69, 9.17) is 9.84 Å². The maximum absolute atomic E-state index is 12.6. The van der Waals surface area contributed by atoms with Gasteiger partial charge in [-0.05, 0) is 47.9 Å². The van der Waals surface area contributed by atoms with Gasteiger partial charge in [-0.3, -0.25) is 9.59 Å². The molecule has 3 N–H and O–H groups in total. The molecule has 7 nitrogen and oxygen atoms in total. The van der Waals surface area contributed by atoms with E-state index in [-0.39, 0.29) is 36.9 Å². The highest BCUT2D eigenvalue weighted by Gasteiger charge is 2.31. The number of fused-ring (bicyclic) bond motifs is 3. The molecule has 2 aromatic carbocycles. The molecular formula is C27H32N2O5. The smallest absolute Gasteiger partial charge is 0.407 e. The van der Waals surface area contributed by atoms with Gasteiger partial charge in [0.1, 0.15) is 6.61 Å². The average Bonchev–Trinajstić information content (AvgIpc) is 3.16. The van der Waals surface area contributed by atoms with Crippen molar-refractivity contribution < 1.29 is 24.2 Å². The molecule has 3 atom stereocenters. The molecule has 2 aliphatic rings. The van der Waals surface area contributed by atoms with Crippen LogP contribution in [0.2, 0.25) is 0 Å². The minimum atomic E-state index is -0.902. The zero-order valence-electron chi connectivity index (χ0n) is 19.5. The van der Waals surface area contributed by atoms with Gasteiger partial charge in [0.2, 0.25) is 5.91 Å². The van der Waals surface area contributed by atoms with Gasteiger partial charge in [-0.2, -0.15) is 0 Å². The molecule has 2 aliphatic carbocycles. The molecule has 4 rings (SSSR count). The second-order valence-corrected chi connectivity index (χ2v) is 9.22. The van der Waals surface area contributed by atoms with Crippen LogP contribution in [0, 0.1) is 11.8 Å². The first kappa shape index (κ1) is 23.8. The molecule has 180 valence electrons. The Morgan fingerprint density at radius 1 is 1.03 bits per heavy atom. The third-order valence-corrected chi connectivity index (χ3v) is 7.08. The van der Waals surface area contributed by atoms with Crippen LogP contribution in [-0.4, -0.2) is 42.3 Å². The van der Waals surface area contributed by atoms with E-state index in [9.17, 15) is 14.4 Å². The third kappa shape index (κ3) is 5.24. The van der Waals surface area contributed by atoms with Crippen molar-refractivity contribution in [1.29, 1.82) is 0 Å². The largest absolute Gasteiger partial charge is 0.481 e. The number of benzene rings is 2. The van der Waals surface area contributed by atoms with Gasteiger partial charge in [-0.15, -0.1) is 0 Å². The summed E-state index contributed by atoms with van der Waals surface area (Å²) < 4.78 is 5.64.